The Kier molecular flexibility index (Phi) is 5.11. The molecule has 4 N–H and O–H groups in total. The van der Waals surface area contributed by atoms with Crippen molar-refractivity contribution in [3.8, 4) is 11.4 Å². The summed E-state index contributed by atoms with van der Waals surface area (Å²) in [6, 6.07) is 15.3. The SMILES string of the molecule is Cc1nc(-c2ccc3cc(C(=O)Nc4ccnnc4)[nH]c3c2)nc(Nc2ccc3[nH]ncc3c2)c1C. The Morgan fingerprint density at radius 2 is 1.78 bits per heavy atom. The van der Waals surface area contributed by atoms with E-state index in [-0.39, 0.29) is 5.91 Å². The van der Waals surface area contributed by atoms with Crippen molar-refractivity contribution in [3.05, 3.63) is 84.1 Å². The van der Waals surface area contributed by atoms with E-state index in [9.17, 15) is 4.79 Å². The Morgan fingerprint density at radius 1 is 0.861 bits per heavy atom. The number of hydrogen-bond acceptors (Lipinski definition) is 7. The van der Waals surface area contributed by atoms with Gasteiger partial charge in [0.25, 0.3) is 5.91 Å². The molecule has 0 spiro atoms. The topological polar surface area (TPSA) is 137 Å². The van der Waals surface area contributed by atoms with E-state index in [4.69, 9.17) is 9.97 Å². The highest BCUT2D eigenvalue weighted by Crippen LogP contribution is 2.28. The molecule has 6 aromatic rings. The first-order valence-electron chi connectivity index (χ1n) is 11.3. The van der Waals surface area contributed by atoms with Crippen LogP contribution in [0, 0.1) is 13.8 Å². The largest absolute Gasteiger partial charge is 0.350 e. The number of nitrogens with zero attached hydrogens (tertiary/aromatic N) is 5. The van der Waals surface area contributed by atoms with Crippen LogP contribution in [0.1, 0.15) is 21.7 Å². The summed E-state index contributed by atoms with van der Waals surface area (Å²) in [4.78, 5) is 25.4. The van der Waals surface area contributed by atoms with Crippen molar-refractivity contribution in [2.45, 2.75) is 13.8 Å². The summed E-state index contributed by atoms with van der Waals surface area (Å²) in [5, 5.41) is 22.7. The van der Waals surface area contributed by atoms with E-state index >= 15 is 0 Å². The molecule has 0 saturated heterocycles. The first kappa shape index (κ1) is 21.4. The number of H-pyrrole nitrogens is 2. The van der Waals surface area contributed by atoms with E-state index in [0.717, 1.165) is 50.1 Å². The maximum atomic E-state index is 12.7. The third-order valence-electron chi connectivity index (χ3n) is 6.06. The Balaban J connectivity index is 1.31. The minimum atomic E-state index is -0.260. The van der Waals surface area contributed by atoms with Gasteiger partial charge in [0.05, 0.1) is 29.8 Å². The van der Waals surface area contributed by atoms with Crippen molar-refractivity contribution in [2.75, 3.05) is 10.6 Å². The number of anilines is 3. The van der Waals surface area contributed by atoms with Gasteiger partial charge in [0.2, 0.25) is 0 Å². The number of fused-ring (bicyclic) bond motifs is 2. The molecular weight excluding hydrogens is 454 g/mol. The molecule has 176 valence electrons. The first-order chi connectivity index (χ1) is 17.5. The normalized spacial score (nSPS) is 11.2. The van der Waals surface area contributed by atoms with Crippen LogP contribution in [0.15, 0.2) is 67.1 Å². The third kappa shape index (κ3) is 4.00. The zero-order valence-electron chi connectivity index (χ0n) is 19.5. The van der Waals surface area contributed by atoms with E-state index < -0.39 is 0 Å². The van der Waals surface area contributed by atoms with Crippen LogP contribution in [-0.4, -0.2) is 41.3 Å². The molecule has 36 heavy (non-hydrogen) atoms. The summed E-state index contributed by atoms with van der Waals surface area (Å²) >= 11 is 0. The molecule has 0 saturated carbocycles. The lowest BCUT2D eigenvalue weighted by Crippen LogP contribution is -2.12. The molecule has 0 radical (unpaired) electrons. The molecule has 0 unspecified atom stereocenters. The highest BCUT2D eigenvalue weighted by atomic mass is 16.1. The molecule has 0 aliphatic rings. The fourth-order valence-electron chi connectivity index (χ4n) is 3.99. The zero-order chi connectivity index (χ0) is 24.6. The standard InChI is InChI=1S/C26H21N9O/c1-14-15(2)30-25(34-24(14)31-19-5-6-21-18(9-19)12-29-35-21)17-4-3-16-10-23(33-22(16)11-17)26(36)32-20-7-8-27-28-13-20/h3-13,33H,1-2H3,(H,29,35)(H,27,32,36)(H,30,31,34). The van der Waals surface area contributed by atoms with E-state index in [1.165, 1.54) is 12.4 Å². The summed E-state index contributed by atoms with van der Waals surface area (Å²) in [7, 11) is 0. The predicted molar refractivity (Wildman–Crippen MR) is 138 cm³/mol. The molecular formula is C26H21N9O. The van der Waals surface area contributed by atoms with Gasteiger partial charge in [-0.2, -0.15) is 15.3 Å². The highest BCUT2D eigenvalue weighted by molar-refractivity contribution is 6.06. The summed E-state index contributed by atoms with van der Waals surface area (Å²) in [6.45, 7) is 3.96. The Morgan fingerprint density at radius 3 is 2.64 bits per heavy atom. The van der Waals surface area contributed by atoms with Crippen LogP contribution >= 0.6 is 0 Å². The quantitative estimate of drug-likeness (QED) is 0.278. The number of nitrogens with one attached hydrogen (secondary N) is 4. The van der Waals surface area contributed by atoms with Crippen molar-refractivity contribution in [3.63, 3.8) is 0 Å². The zero-order valence-corrected chi connectivity index (χ0v) is 19.5. The van der Waals surface area contributed by atoms with Crippen molar-refractivity contribution >= 4 is 44.9 Å². The van der Waals surface area contributed by atoms with Crippen LogP contribution in [-0.2, 0) is 0 Å². The van der Waals surface area contributed by atoms with Gasteiger partial charge in [-0.3, -0.25) is 9.89 Å². The molecule has 6 rings (SSSR count). The molecule has 0 fully saturated rings. The summed E-state index contributed by atoms with van der Waals surface area (Å²) < 4.78 is 0. The molecule has 0 atom stereocenters. The van der Waals surface area contributed by atoms with Crippen LogP contribution in [0.2, 0.25) is 0 Å². The van der Waals surface area contributed by atoms with Crippen LogP contribution in [0.4, 0.5) is 17.2 Å². The van der Waals surface area contributed by atoms with Gasteiger partial charge in [0.15, 0.2) is 5.82 Å². The number of carbonyl (C=O) groups is 1. The minimum Gasteiger partial charge on any atom is -0.350 e. The Labute approximate surface area is 205 Å². The van der Waals surface area contributed by atoms with E-state index in [2.05, 4.69) is 36.0 Å². The van der Waals surface area contributed by atoms with E-state index in [0.29, 0.717) is 17.2 Å². The van der Waals surface area contributed by atoms with Crippen LogP contribution in [0.3, 0.4) is 0 Å². The molecule has 1 amide bonds. The summed E-state index contributed by atoms with van der Waals surface area (Å²) in [5.41, 5.74) is 6.40. The van der Waals surface area contributed by atoms with Gasteiger partial charge in [-0.25, -0.2) is 9.97 Å². The van der Waals surface area contributed by atoms with Gasteiger partial charge in [-0.1, -0.05) is 12.1 Å². The second-order valence-electron chi connectivity index (χ2n) is 8.47. The molecule has 4 aromatic heterocycles. The monoisotopic (exact) mass is 475 g/mol. The summed E-state index contributed by atoms with van der Waals surface area (Å²) in [5.74, 6) is 1.07. The number of amides is 1. The number of carbonyl (C=O) groups excluding carboxylic acids is 1. The Hall–Kier alpha value is -5.12. The van der Waals surface area contributed by atoms with Crippen molar-refractivity contribution < 1.29 is 4.79 Å². The van der Waals surface area contributed by atoms with Crippen molar-refractivity contribution in [2.24, 2.45) is 0 Å². The van der Waals surface area contributed by atoms with Gasteiger partial charge < -0.3 is 15.6 Å². The number of hydrogen-bond donors (Lipinski definition) is 4. The molecule has 0 aliphatic heterocycles. The lowest BCUT2D eigenvalue weighted by Gasteiger charge is -2.13. The molecule has 4 heterocycles. The molecule has 10 nitrogen and oxygen atoms in total. The van der Waals surface area contributed by atoms with Gasteiger partial charge in [-0.05, 0) is 50.2 Å². The first-order valence-corrected chi connectivity index (χ1v) is 11.3. The molecule has 2 aromatic carbocycles. The number of aromatic amines is 2. The maximum absolute atomic E-state index is 12.7. The van der Waals surface area contributed by atoms with Gasteiger partial charge >= 0.3 is 0 Å². The highest BCUT2D eigenvalue weighted by Gasteiger charge is 2.14. The number of aryl methyl sites for hydroxylation is 1. The van der Waals surface area contributed by atoms with E-state index in [1.807, 2.05) is 56.3 Å². The minimum absolute atomic E-state index is 0.260. The lowest BCUT2D eigenvalue weighted by atomic mass is 10.1. The average molecular weight is 476 g/mol. The van der Waals surface area contributed by atoms with Crippen molar-refractivity contribution in [1.82, 2.24) is 35.3 Å². The average Bonchev–Trinajstić information content (AvgIpc) is 3.53. The predicted octanol–water partition coefficient (Wildman–Crippen LogP) is 4.90. The van der Waals surface area contributed by atoms with Crippen LogP contribution in [0.25, 0.3) is 33.2 Å². The fourth-order valence-corrected chi connectivity index (χ4v) is 3.99. The van der Waals surface area contributed by atoms with Gasteiger partial charge in [0.1, 0.15) is 11.5 Å². The lowest BCUT2D eigenvalue weighted by molar-refractivity contribution is 0.102. The fraction of sp³-hybridized carbons (Fsp3) is 0.0769. The third-order valence-corrected chi connectivity index (χ3v) is 6.06. The van der Waals surface area contributed by atoms with Crippen LogP contribution in [0.5, 0.6) is 0 Å². The second-order valence-corrected chi connectivity index (χ2v) is 8.47. The smallest absolute Gasteiger partial charge is 0.272 e. The van der Waals surface area contributed by atoms with Gasteiger partial charge in [0, 0.05) is 38.8 Å². The molecule has 0 aliphatic carbocycles. The molecule has 0 bridgehead atoms. The number of rotatable bonds is 5. The number of benzene rings is 2. The van der Waals surface area contributed by atoms with Crippen molar-refractivity contribution in [1.29, 1.82) is 0 Å². The second kappa shape index (κ2) is 8.58. The van der Waals surface area contributed by atoms with Gasteiger partial charge in [-0.15, -0.1) is 0 Å². The summed E-state index contributed by atoms with van der Waals surface area (Å²) in [6.07, 6.45) is 4.81. The molecule has 10 heteroatoms. The Bertz CT molecular complexity index is 1740. The number of aromatic nitrogens is 7. The van der Waals surface area contributed by atoms with Crippen LogP contribution < -0.4 is 10.6 Å². The van der Waals surface area contributed by atoms with E-state index in [1.54, 1.807) is 12.3 Å². The maximum Gasteiger partial charge on any atom is 0.272 e.